The summed E-state index contributed by atoms with van der Waals surface area (Å²) in [7, 11) is 2.07. The molecule has 2 heterocycles. The molecule has 0 radical (unpaired) electrons. The van der Waals surface area contributed by atoms with Crippen LogP contribution in [0.3, 0.4) is 0 Å². The lowest BCUT2D eigenvalue weighted by Gasteiger charge is -2.43. The predicted molar refractivity (Wildman–Crippen MR) is 199 cm³/mol. The first-order valence-corrected chi connectivity index (χ1v) is 18.2. The summed E-state index contributed by atoms with van der Waals surface area (Å²) >= 11 is 0. The third-order valence-corrected chi connectivity index (χ3v) is 9.45. The van der Waals surface area contributed by atoms with Gasteiger partial charge in [-0.1, -0.05) is 121 Å². The largest absolute Gasteiger partial charge is 0.371 e. The van der Waals surface area contributed by atoms with E-state index >= 15 is 0 Å². The van der Waals surface area contributed by atoms with Crippen molar-refractivity contribution in [3.63, 3.8) is 0 Å². The zero-order chi connectivity index (χ0) is 36.2. The highest BCUT2D eigenvalue weighted by molar-refractivity contribution is 5.82. The fourth-order valence-electron chi connectivity index (χ4n) is 6.61. The Morgan fingerprint density at radius 2 is 1.12 bits per heavy atom. The van der Waals surface area contributed by atoms with Gasteiger partial charge in [0.15, 0.2) is 6.10 Å². The second-order valence-corrected chi connectivity index (χ2v) is 14.3. The van der Waals surface area contributed by atoms with Crippen molar-refractivity contribution in [3.8, 4) is 0 Å². The number of ether oxygens (including phenoxy) is 6. The molecule has 0 N–H and O–H groups in total. The van der Waals surface area contributed by atoms with Gasteiger partial charge in [0.25, 0.3) is 5.91 Å². The number of rotatable bonds is 17. The molecule has 276 valence electrons. The number of hydrogen-bond acceptors (Lipinski definition) is 8. The van der Waals surface area contributed by atoms with Crippen LogP contribution in [0, 0.1) is 0 Å². The fourth-order valence-corrected chi connectivity index (χ4v) is 6.61. The molecule has 9 heteroatoms. The molecule has 2 fully saturated rings. The van der Waals surface area contributed by atoms with Gasteiger partial charge in [0.1, 0.15) is 18.8 Å². The van der Waals surface area contributed by atoms with Crippen molar-refractivity contribution < 1.29 is 33.2 Å². The first-order chi connectivity index (χ1) is 25.3. The lowest BCUT2D eigenvalue weighted by molar-refractivity contribution is -0.305. The summed E-state index contributed by atoms with van der Waals surface area (Å²) in [5.74, 6) is -1.60. The second kappa shape index (κ2) is 18.2. The number of nitrogens with zero attached hydrogens (tertiary/aromatic N) is 2. The highest BCUT2D eigenvalue weighted by Gasteiger charge is 2.58. The van der Waals surface area contributed by atoms with Crippen LogP contribution in [0.4, 0.5) is 0 Å². The minimum absolute atomic E-state index is 0.0318. The Hall–Kier alpha value is -3.93. The van der Waals surface area contributed by atoms with Crippen LogP contribution in [0.15, 0.2) is 121 Å². The molecule has 9 nitrogen and oxygen atoms in total. The maximum absolute atomic E-state index is 14.8. The van der Waals surface area contributed by atoms with Gasteiger partial charge in [-0.3, -0.25) is 4.79 Å². The van der Waals surface area contributed by atoms with Crippen molar-refractivity contribution in [1.82, 2.24) is 9.80 Å². The van der Waals surface area contributed by atoms with Gasteiger partial charge in [0.05, 0.1) is 38.6 Å². The third-order valence-electron chi connectivity index (χ3n) is 9.45. The van der Waals surface area contributed by atoms with Crippen molar-refractivity contribution in [1.29, 1.82) is 0 Å². The highest BCUT2D eigenvalue weighted by atomic mass is 16.8. The molecule has 0 spiro atoms. The van der Waals surface area contributed by atoms with Gasteiger partial charge >= 0.3 is 0 Å². The molecule has 1 amide bonds. The van der Waals surface area contributed by atoms with E-state index in [2.05, 4.69) is 11.9 Å². The topological polar surface area (TPSA) is 78.9 Å². The second-order valence-electron chi connectivity index (χ2n) is 14.3. The number of carbonyl (C=O) groups is 1. The van der Waals surface area contributed by atoms with Gasteiger partial charge in [-0.15, -0.1) is 0 Å². The maximum Gasteiger partial charge on any atom is 0.254 e. The maximum atomic E-state index is 14.8. The van der Waals surface area contributed by atoms with Crippen LogP contribution in [-0.4, -0.2) is 91.8 Å². The van der Waals surface area contributed by atoms with E-state index in [9.17, 15) is 4.79 Å². The molecule has 2 aliphatic heterocycles. The Morgan fingerprint density at radius 3 is 1.60 bits per heavy atom. The summed E-state index contributed by atoms with van der Waals surface area (Å²) in [6, 6.07) is 39.7. The number of carbonyl (C=O) groups excluding carboxylic acids is 1. The van der Waals surface area contributed by atoms with E-state index < -0.39 is 29.7 Å². The number of piperazine rings is 1. The molecule has 2 aliphatic rings. The third kappa shape index (κ3) is 10.4. The number of amides is 1. The molecule has 4 aromatic carbocycles. The summed E-state index contributed by atoms with van der Waals surface area (Å²) in [6.45, 7) is 7.94. The van der Waals surface area contributed by atoms with Gasteiger partial charge < -0.3 is 38.2 Å². The van der Waals surface area contributed by atoms with Gasteiger partial charge in [-0.2, -0.15) is 0 Å². The first kappa shape index (κ1) is 37.8. The molecule has 0 aromatic heterocycles. The van der Waals surface area contributed by atoms with Crippen molar-refractivity contribution in [2.75, 3.05) is 46.4 Å². The Morgan fingerprint density at radius 1 is 0.654 bits per heavy atom. The molecule has 52 heavy (non-hydrogen) atoms. The average Bonchev–Trinajstić information content (AvgIpc) is 3.49. The predicted octanol–water partition coefficient (Wildman–Crippen LogP) is 6.26. The molecule has 6 rings (SSSR count). The molecule has 0 bridgehead atoms. The van der Waals surface area contributed by atoms with E-state index in [-0.39, 0.29) is 32.3 Å². The Bertz CT molecular complexity index is 1640. The Labute approximate surface area is 308 Å². The van der Waals surface area contributed by atoms with Crippen LogP contribution in [0.5, 0.6) is 0 Å². The number of hydrogen-bond donors (Lipinski definition) is 0. The van der Waals surface area contributed by atoms with E-state index in [1.807, 2.05) is 140 Å². The molecule has 0 saturated carbocycles. The lowest BCUT2D eigenvalue weighted by Crippen LogP contribution is -2.62. The zero-order valence-electron chi connectivity index (χ0n) is 30.6. The summed E-state index contributed by atoms with van der Waals surface area (Å²) < 4.78 is 40.5. The SMILES string of the molecule is CN1CCN(C(=O)[C@H](OCc2ccccc2)[C@@H](OCc2ccccc2)[C@H](OCc2ccccc2)[C@@]2(COCc3ccccc3)OCC(C)(C)O2)CC1. The molecule has 0 unspecified atom stereocenters. The van der Waals surface area contributed by atoms with Crippen molar-refractivity contribution >= 4 is 5.91 Å². The highest BCUT2D eigenvalue weighted by Crippen LogP contribution is 2.39. The molecule has 0 aliphatic carbocycles. The molecule has 4 aromatic rings. The van der Waals surface area contributed by atoms with Crippen LogP contribution in [0.25, 0.3) is 0 Å². The average molecular weight is 709 g/mol. The lowest BCUT2D eigenvalue weighted by atomic mass is 9.97. The van der Waals surface area contributed by atoms with E-state index in [0.29, 0.717) is 26.3 Å². The van der Waals surface area contributed by atoms with E-state index in [1.54, 1.807) is 0 Å². The molecule has 4 atom stereocenters. The Balaban J connectivity index is 1.41. The molecular weight excluding hydrogens is 656 g/mol. The quantitative estimate of drug-likeness (QED) is 0.127. The number of likely N-dealkylation sites (N-methyl/N-ethyl adjacent to an activating group) is 1. The normalized spacial score (nSPS) is 20.7. The van der Waals surface area contributed by atoms with E-state index in [0.717, 1.165) is 35.3 Å². The van der Waals surface area contributed by atoms with Crippen LogP contribution in [-0.2, 0) is 59.6 Å². The number of benzene rings is 4. The monoisotopic (exact) mass is 708 g/mol. The summed E-state index contributed by atoms with van der Waals surface area (Å²) in [5, 5.41) is 0. The minimum atomic E-state index is -1.44. The van der Waals surface area contributed by atoms with Crippen molar-refractivity contribution in [2.24, 2.45) is 0 Å². The summed E-state index contributed by atoms with van der Waals surface area (Å²) in [5.41, 5.74) is 3.20. The molecular formula is C43H52N2O7. The van der Waals surface area contributed by atoms with Crippen LogP contribution in [0.1, 0.15) is 36.1 Å². The standard InChI is InChI=1S/C43H52N2O7/c1-42(2)32-51-43(52-42,33-47-28-34-16-8-4-9-17-34)40(50-31-37-22-14-7-15-23-37)38(48-29-35-18-10-5-11-19-35)39(49-30-36-20-12-6-13-21-36)41(46)45-26-24-44(3)25-27-45/h4-23,38-40H,24-33H2,1-3H3/t38-,39-,40+,43+/m1/s1. The van der Waals surface area contributed by atoms with Gasteiger partial charge in [-0.05, 0) is 43.1 Å². The fraction of sp³-hybridized carbons (Fsp3) is 0.419. The smallest absolute Gasteiger partial charge is 0.254 e. The Kier molecular flexibility index (Phi) is 13.2. The van der Waals surface area contributed by atoms with Gasteiger partial charge in [0.2, 0.25) is 5.79 Å². The summed E-state index contributed by atoms with van der Waals surface area (Å²) in [4.78, 5) is 18.9. The van der Waals surface area contributed by atoms with Crippen LogP contribution >= 0.6 is 0 Å². The van der Waals surface area contributed by atoms with Crippen LogP contribution in [0.2, 0.25) is 0 Å². The van der Waals surface area contributed by atoms with Gasteiger partial charge in [0, 0.05) is 26.2 Å². The van der Waals surface area contributed by atoms with Gasteiger partial charge in [-0.25, -0.2) is 0 Å². The summed E-state index contributed by atoms with van der Waals surface area (Å²) in [6.07, 6.45) is -2.98. The van der Waals surface area contributed by atoms with Crippen molar-refractivity contribution in [3.05, 3.63) is 144 Å². The molecule has 2 saturated heterocycles. The first-order valence-electron chi connectivity index (χ1n) is 18.2. The zero-order valence-corrected chi connectivity index (χ0v) is 30.6. The van der Waals surface area contributed by atoms with E-state index in [4.69, 9.17) is 28.4 Å². The van der Waals surface area contributed by atoms with Crippen molar-refractivity contribution in [2.45, 2.75) is 70.0 Å². The minimum Gasteiger partial charge on any atom is -0.371 e. The van der Waals surface area contributed by atoms with E-state index in [1.165, 1.54) is 0 Å². The van der Waals surface area contributed by atoms with Crippen LogP contribution < -0.4 is 0 Å².